The summed E-state index contributed by atoms with van der Waals surface area (Å²) in [5.41, 5.74) is 6.88. The fourth-order valence-corrected chi connectivity index (χ4v) is 1.88. The second-order valence-electron chi connectivity index (χ2n) is 4.98. The Balaban J connectivity index is 2.13. The first kappa shape index (κ1) is 13.3. The normalized spacial score (nSPS) is 10.9. The lowest BCUT2D eigenvalue weighted by molar-refractivity contribution is 0.0989. The van der Waals surface area contributed by atoms with Gasteiger partial charge in [-0.05, 0) is 18.1 Å². The summed E-state index contributed by atoms with van der Waals surface area (Å²) in [6, 6.07) is 6.99. The zero-order valence-corrected chi connectivity index (χ0v) is 11.2. The van der Waals surface area contributed by atoms with Crippen molar-refractivity contribution in [2.24, 2.45) is 5.92 Å². The minimum Gasteiger partial charge on any atom is -0.399 e. The van der Waals surface area contributed by atoms with E-state index >= 15 is 0 Å². The van der Waals surface area contributed by atoms with Crippen molar-refractivity contribution in [2.75, 3.05) is 5.73 Å². The van der Waals surface area contributed by atoms with E-state index in [1.807, 2.05) is 0 Å². The number of nitrogens with two attached hydrogens (primary N) is 1. The number of rotatable bonds is 5. The Labute approximate surface area is 112 Å². The fraction of sp³-hybridized carbons (Fsp3) is 0.357. The van der Waals surface area contributed by atoms with E-state index in [1.165, 1.54) is 6.33 Å². The van der Waals surface area contributed by atoms with Gasteiger partial charge in [0.25, 0.3) is 0 Å². The minimum atomic E-state index is 0.00491. The predicted octanol–water partition coefficient (Wildman–Crippen LogP) is 1.94. The van der Waals surface area contributed by atoms with Crippen LogP contribution in [0.3, 0.4) is 0 Å². The van der Waals surface area contributed by atoms with E-state index < -0.39 is 0 Å². The molecule has 0 amide bonds. The number of carbonyl (C=O) groups is 1. The highest BCUT2D eigenvalue weighted by molar-refractivity contribution is 5.97. The number of ketones is 1. The van der Waals surface area contributed by atoms with Crippen molar-refractivity contribution in [3.05, 3.63) is 42.0 Å². The lowest BCUT2D eigenvalue weighted by Crippen LogP contribution is -2.14. The average molecular weight is 258 g/mol. The topological polar surface area (TPSA) is 73.8 Å². The van der Waals surface area contributed by atoms with Crippen LogP contribution in [0.15, 0.2) is 30.6 Å². The molecule has 2 aromatic rings. The van der Waals surface area contributed by atoms with Gasteiger partial charge in [-0.15, -0.1) is 0 Å². The maximum absolute atomic E-state index is 12.2. The second-order valence-corrected chi connectivity index (χ2v) is 4.98. The summed E-state index contributed by atoms with van der Waals surface area (Å²) in [4.78, 5) is 16.3. The van der Waals surface area contributed by atoms with Gasteiger partial charge in [0.15, 0.2) is 5.78 Å². The van der Waals surface area contributed by atoms with Gasteiger partial charge in [-0.25, -0.2) is 9.67 Å². The third-order valence-electron chi connectivity index (χ3n) is 2.76. The Bertz CT molecular complexity index is 574. The zero-order chi connectivity index (χ0) is 13.8. The van der Waals surface area contributed by atoms with E-state index in [-0.39, 0.29) is 12.2 Å². The third kappa shape index (κ3) is 3.40. The van der Waals surface area contributed by atoms with Crippen molar-refractivity contribution in [3.8, 4) is 0 Å². The molecule has 0 spiro atoms. The first-order valence-electron chi connectivity index (χ1n) is 6.31. The van der Waals surface area contributed by atoms with Gasteiger partial charge in [-0.3, -0.25) is 4.79 Å². The van der Waals surface area contributed by atoms with Crippen LogP contribution in [-0.4, -0.2) is 20.5 Å². The largest absolute Gasteiger partial charge is 0.399 e. The quantitative estimate of drug-likeness (QED) is 0.657. The van der Waals surface area contributed by atoms with E-state index in [4.69, 9.17) is 5.73 Å². The molecule has 1 aromatic carbocycles. The monoisotopic (exact) mass is 258 g/mol. The van der Waals surface area contributed by atoms with Gasteiger partial charge >= 0.3 is 0 Å². The highest BCUT2D eigenvalue weighted by Crippen LogP contribution is 2.10. The zero-order valence-electron chi connectivity index (χ0n) is 11.2. The molecule has 2 rings (SSSR count). The van der Waals surface area contributed by atoms with Crippen LogP contribution in [-0.2, 0) is 13.0 Å². The van der Waals surface area contributed by atoms with Crippen LogP contribution in [0.4, 0.5) is 5.69 Å². The first-order valence-corrected chi connectivity index (χ1v) is 6.31. The third-order valence-corrected chi connectivity index (χ3v) is 2.76. The molecule has 0 aliphatic heterocycles. The van der Waals surface area contributed by atoms with Gasteiger partial charge < -0.3 is 5.73 Å². The van der Waals surface area contributed by atoms with Crippen LogP contribution in [0.25, 0.3) is 0 Å². The number of nitrogen functional groups attached to an aromatic ring is 1. The van der Waals surface area contributed by atoms with Gasteiger partial charge in [0.1, 0.15) is 12.2 Å². The number of hydrogen-bond acceptors (Lipinski definition) is 4. The van der Waals surface area contributed by atoms with E-state index in [1.54, 1.807) is 28.9 Å². The molecule has 1 heterocycles. The number of Topliss-reactive ketones (excluding diaryl/α,β-unsaturated/α-hetero) is 1. The predicted molar refractivity (Wildman–Crippen MR) is 73.7 cm³/mol. The first-order chi connectivity index (χ1) is 9.06. The molecule has 5 heteroatoms. The minimum absolute atomic E-state index is 0.00491. The molecular formula is C14H18N4O. The van der Waals surface area contributed by atoms with Crippen molar-refractivity contribution in [2.45, 2.75) is 26.8 Å². The smallest absolute Gasteiger partial charge is 0.170 e. The molecule has 0 aliphatic carbocycles. The molecule has 0 atom stereocenters. The Morgan fingerprint density at radius 2 is 2.21 bits per heavy atom. The molecule has 0 bridgehead atoms. The molecule has 0 aliphatic rings. The highest BCUT2D eigenvalue weighted by Gasteiger charge is 2.13. The number of hydrogen-bond donors (Lipinski definition) is 1. The van der Waals surface area contributed by atoms with E-state index in [9.17, 15) is 4.79 Å². The molecule has 0 saturated carbocycles. The van der Waals surface area contributed by atoms with E-state index in [0.717, 1.165) is 6.54 Å². The van der Waals surface area contributed by atoms with Gasteiger partial charge in [0.2, 0.25) is 0 Å². The van der Waals surface area contributed by atoms with Crippen molar-refractivity contribution in [1.82, 2.24) is 14.8 Å². The Hall–Kier alpha value is -2.17. The number of benzene rings is 1. The average Bonchev–Trinajstić information content (AvgIpc) is 2.75. The summed E-state index contributed by atoms with van der Waals surface area (Å²) in [5.74, 6) is 1.16. The fourth-order valence-electron chi connectivity index (χ4n) is 1.88. The molecule has 100 valence electrons. The van der Waals surface area contributed by atoms with Gasteiger partial charge in [0, 0.05) is 17.8 Å². The number of nitrogens with zero attached hydrogens (tertiary/aromatic N) is 3. The van der Waals surface area contributed by atoms with Crippen LogP contribution in [0, 0.1) is 5.92 Å². The molecule has 0 fully saturated rings. The molecule has 5 nitrogen and oxygen atoms in total. The molecule has 2 N–H and O–H groups in total. The maximum Gasteiger partial charge on any atom is 0.170 e. The van der Waals surface area contributed by atoms with Gasteiger partial charge in [0.05, 0.1) is 6.42 Å². The molecule has 0 unspecified atom stereocenters. The lowest BCUT2D eigenvalue weighted by Gasteiger charge is -2.08. The summed E-state index contributed by atoms with van der Waals surface area (Å²) in [5, 5.41) is 4.15. The molecule has 1 aromatic heterocycles. The van der Waals surface area contributed by atoms with E-state index in [2.05, 4.69) is 23.9 Å². The Morgan fingerprint density at radius 1 is 1.42 bits per heavy atom. The summed E-state index contributed by atoms with van der Waals surface area (Å²) in [7, 11) is 0. The summed E-state index contributed by atoms with van der Waals surface area (Å²) in [6.45, 7) is 4.97. The SMILES string of the molecule is CC(C)Cn1ncnc1CC(=O)c1cccc(N)c1. The van der Waals surface area contributed by atoms with Crippen LogP contribution in [0.2, 0.25) is 0 Å². The van der Waals surface area contributed by atoms with Gasteiger partial charge in [-0.1, -0.05) is 26.0 Å². The Kier molecular flexibility index (Phi) is 3.94. The second kappa shape index (κ2) is 5.65. The lowest BCUT2D eigenvalue weighted by atomic mass is 10.1. The van der Waals surface area contributed by atoms with Crippen LogP contribution in [0.1, 0.15) is 30.0 Å². The molecule has 0 radical (unpaired) electrons. The maximum atomic E-state index is 12.2. The van der Waals surface area contributed by atoms with E-state index in [0.29, 0.717) is 23.0 Å². The van der Waals surface area contributed by atoms with Crippen LogP contribution in [0.5, 0.6) is 0 Å². The van der Waals surface area contributed by atoms with Crippen LogP contribution >= 0.6 is 0 Å². The number of carbonyl (C=O) groups excluding carboxylic acids is 1. The number of anilines is 1. The summed E-state index contributed by atoms with van der Waals surface area (Å²) < 4.78 is 1.79. The Morgan fingerprint density at radius 3 is 2.89 bits per heavy atom. The van der Waals surface area contributed by atoms with Crippen molar-refractivity contribution in [3.63, 3.8) is 0 Å². The number of aromatic nitrogens is 3. The van der Waals surface area contributed by atoms with Crippen molar-refractivity contribution >= 4 is 11.5 Å². The van der Waals surface area contributed by atoms with Crippen molar-refractivity contribution < 1.29 is 4.79 Å². The highest BCUT2D eigenvalue weighted by atomic mass is 16.1. The summed E-state index contributed by atoms with van der Waals surface area (Å²) >= 11 is 0. The molecular weight excluding hydrogens is 240 g/mol. The van der Waals surface area contributed by atoms with Crippen molar-refractivity contribution in [1.29, 1.82) is 0 Å². The summed E-state index contributed by atoms with van der Waals surface area (Å²) in [6.07, 6.45) is 1.74. The molecule has 19 heavy (non-hydrogen) atoms. The van der Waals surface area contributed by atoms with Crippen LogP contribution < -0.4 is 5.73 Å². The standard InChI is InChI=1S/C14H18N4O/c1-10(2)8-18-14(16-9-17-18)7-13(19)11-4-3-5-12(15)6-11/h3-6,9-10H,7-8,15H2,1-2H3. The molecule has 0 saturated heterocycles. The van der Waals surface area contributed by atoms with Gasteiger partial charge in [-0.2, -0.15) is 5.10 Å².